The minimum atomic E-state index is -1.53. The molecule has 6 atom stereocenters. The summed E-state index contributed by atoms with van der Waals surface area (Å²) in [4.78, 5) is 28.2. The first-order valence-electron chi connectivity index (χ1n) is 11.4. The smallest absolute Gasteiger partial charge is 0.252 e. The van der Waals surface area contributed by atoms with E-state index in [2.05, 4.69) is 0 Å². The van der Waals surface area contributed by atoms with Gasteiger partial charge in [0.05, 0.1) is 23.6 Å². The summed E-state index contributed by atoms with van der Waals surface area (Å²) in [5.41, 5.74) is 2.00. The third-order valence-corrected chi connectivity index (χ3v) is 9.05. The third kappa shape index (κ3) is 3.67. The van der Waals surface area contributed by atoms with Crippen molar-refractivity contribution in [1.82, 2.24) is 0 Å². The Labute approximate surface area is 213 Å². The van der Waals surface area contributed by atoms with E-state index >= 15 is 0 Å². The first-order chi connectivity index (χ1) is 16.9. The highest BCUT2D eigenvalue weighted by Crippen LogP contribution is 2.60. The van der Waals surface area contributed by atoms with E-state index in [0.717, 1.165) is 17.3 Å². The van der Waals surface area contributed by atoms with Gasteiger partial charge in [-0.1, -0.05) is 110 Å². The molecule has 6 nitrogen and oxygen atoms in total. The molecule has 1 N–H and O–H groups in total. The van der Waals surface area contributed by atoms with E-state index in [1.54, 1.807) is 55.5 Å². The average Bonchev–Trinajstić information content (AvgIpc) is 3.14. The molecule has 35 heavy (non-hydrogen) atoms. The topological polar surface area (TPSA) is 83.7 Å². The van der Waals surface area contributed by atoms with E-state index in [-0.39, 0.29) is 9.24 Å². The van der Waals surface area contributed by atoms with Crippen LogP contribution in [0.15, 0.2) is 91.0 Å². The molecule has 3 aromatic carbocycles. The molecule has 5 rings (SSSR count). The number of thiocarbonyl (C=S) groups is 1. The minimum Gasteiger partial charge on any atom is -0.391 e. The SMILES string of the molecule is C[C@@H]1[C@@H](c2ccccc2)[C@@H]([N+](=O)[O-])[C@@H](c2ccccc2)[C@@]2(SC(=S)N(c3ccccc3)C2=O)[C@H]1O. The van der Waals surface area contributed by atoms with Crippen LogP contribution in [0.25, 0.3) is 0 Å². The Kier molecular flexibility index (Phi) is 6.21. The average molecular weight is 505 g/mol. The van der Waals surface area contributed by atoms with Crippen LogP contribution in [0.3, 0.4) is 0 Å². The molecule has 0 unspecified atom stereocenters. The molecule has 1 amide bonds. The second-order valence-electron chi connectivity index (χ2n) is 9.04. The lowest BCUT2D eigenvalue weighted by Crippen LogP contribution is -2.64. The Bertz CT molecular complexity index is 1260. The van der Waals surface area contributed by atoms with Crippen LogP contribution in [0.1, 0.15) is 29.9 Å². The van der Waals surface area contributed by atoms with E-state index in [9.17, 15) is 20.0 Å². The quantitative estimate of drug-likeness (QED) is 0.305. The Morgan fingerprint density at radius 3 is 2.00 bits per heavy atom. The fourth-order valence-electron chi connectivity index (χ4n) is 5.75. The predicted octanol–water partition coefficient (Wildman–Crippen LogP) is 5.01. The predicted molar refractivity (Wildman–Crippen MR) is 141 cm³/mol. The maximum atomic E-state index is 14.3. The third-order valence-electron chi connectivity index (χ3n) is 7.25. The largest absolute Gasteiger partial charge is 0.391 e. The van der Waals surface area contributed by atoms with Crippen LogP contribution in [0.5, 0.6) is 0 Å². The van der Waals surface area contributed by atoms with E-state index < -0.39 is 40.6 Å². The number of nitro groups is 1. The summed E-state index contributed by atoms with van der Waals surface area (Å²) in [6, 6.07) is 26.2. The molecule has 0 radical (unpaired) electrons. The number of hydrogen-bond donors (Lipinski definition) is 1. The van der Waals surface area contributed by atoms with Gasteiger partial charge in [-0.2, -0.15) is 0 Å². The zero-order valence-electron chi connectivity index (χ0n) is 18.9. The molecule has 1 saturated heterocycles. The molecule has 1 spiro atoms. The Morgan fingerprint density at radius 2 is 1.46 bits per heavy atom. The fourth-order valence-corrected chi connectivity index (χ4v) is 7.84. The number of aliphatic hydroxyl groups excluding tert-OH is 1. The highest BCUT2D eigenvalue weighted by Gasteiger charge is 2.70. The Balaban J connectivity index is 1.74. The van der Waals surface area contributed by atoms with E-state index in [4.69, 9.17) is 12.2 Å². The number of amides is 1. The van der Waals surface area contributed by atoms with Crippen molar-refractivity contribution in [3.05, 3.63) is 112 Å². The van der Waals surface area contributed by atoms with E-state index in [0.29, 0.717) is 11.3 Å². The Hall–Kier alpha value is -3.07. The fraction of sp³-hybridized carbons (Fsp3) is 0.259. The van der Waals surface area contributed by atoms with Gasteiger partial charge in [0, 0.05) is 4.92 Å². The molecule has 8 heteroatoms. The number of anilines is 1. The molecule has 1 saturated carbocycles. The van der Waals surface area contributed by atoms with E-state index in [1.807, 2.05) is 42.5 Å². The normalized spacial score (nSPS) is 30.6. The van der Waals surface area contributed by atoms with Gasteiger partial charge in [0.2, 0.25) is 6.04 Å². The number of hydrogen-bond acceptors (Lipinski definition) is 6. The van der Waals surface area contributed by atoms with Crippen LogP contribution in [0.2, 0.25) is 0 Å². The molecule has 0 aromatic heterocycles. The van der Waals surface area contributed by atoms with Gasteiger partial charge in [-0.25, -0.2) is 0 Å². The van der Waals surface area contributed by atoms with Crippen molar-refractivity contribution in [1.29, 1.82) is 0 Å². The van der Waals surface area contributed by atoms with Crippen LogP contribution >= 0.6 is 24.0 Å². The van der Waals surface area contributed by atoms with Crippen molar-refractivity contribution in [2.24, 2.45) is 5.92 Å². The second kappa shape index (κ2) is 9.18. The van der Waals surface area contributed by atoms with Crippen LogP contribution in [0, 0.1) is 16.0 Å². The van der Waals surface area contributed by atoms with Gasteiger partial charge >= 0.3 is 0 Å². The summed E-state index contributed by atoms with van der Waals surface area (Å²) in [5.74, 6) is -2.47. The van der Waals surface area contributed by atoms with E-state index in [1.165, 1.54) is 4.90 Å². The molecule has 2 fully saturated rings. The first kappa shape index (κ1) is 23.7. The molecule has 178 valence electrons. The molecule has 0 bridgehead atoms. The number of para-hydroxylation sites is 1. The van der Waals surface area contributed by atoms with Crippen molar-refractivity contribution in [3.8, 4) is 0 Å². The molecule has 1 heterocycles. The molecule has 1 aliphatic carbocycles. The molecule has 3 aromatic rings. The highest BCUT2D eigenvalue weighted by atomic mass is 32.2. The van der Waals surface area contributed by atoms with Gasteiger partial charge in [-0.3, -0.25) is 19.8 Å². The maximum absolute atomic E-state index is 14.3. The van der Waals surface area contributed by atoms with Gasteiger partial charge in [0.1, 0.15) is 9.07 Å². The summed E-state index contributed by atoms with van der Waals surface area (Å²) in [7, 11) is 0. The lowest BCUT2D eigenvalue weighted by atomic mass is 9.59. The van der Waals surface area contributed by atoms with Gasteiger partial charge in [-0.15, -0.1) is 0 Å². The maximum Gasteiger partial charge on any atom is 0.252 e. The van der Waals surface area contributed by atoms with Gasteiger partial charge in [-0.05, 0) is 29.2 Å². The summed E-state index contributed by atoms with van der Waals surface area (Å²) in [6.45, 7) is 1.80. The lowest BCUT2D eigenvalue weighted by molar-refractivity contribution is -0.537. The van der Waals surface area contributed by atoms with Crippen LogP contribution in [-0.4, -0.2) is 37.2 Å². The summed E-state index contributed by atoms with van der Waals surface area (Å²) in [6.07, 6.45) is -1.17. The zero-order chi connectivity index (χ0) is 24.7. The van der Waals surface area contributed by atoms with Crippen LogP contribution in [-0.2, 0) is 4.79 Å². The standard InChI is InChI=1S/C27H24N2O4S2/c1-17-21(18-11-5-2-6-12-18)23(29(32)33)22(19-13-7-3-8-14-19)27(24(17)30)25(31)28(26(34)35-27)20-15-9-4-10-16-20/h2-17,21-24,30H,1H3/t17-,21+,22-,23-,24+,27-/m1/s1. The first-order valence-corrected chi connectivity index (χ1v) is 12.6. The van der Waals surface area contributed by atoms with Crippen molar-refractivity contribution < 1.29 is 14.8 Å². The van der Waals surface area contributed by atoms with Gasteiger partial charge < -0.3 is 5.11 Å². The number of aliphatic hydroxyl groups is 1. The number of carbonyl (C=O) groups excluding carboxylic acids is 1. The number of benzene rings is 3. The van der Waals surface area contributed by atoms with Crippen molar-refractivity contribution >= 4 is 39.9 Å². The highest BCUT2D eigenvalue weighted by molar-refractivity contribution is 8.25. The monoisotopic (exact) mass is 504 g/mol. The molecular weight excluding hydrogens is 480 g/mol. The Morgan fingerprint density at radius 1 is 0.943 bits per heavy atom. The zero-order valence-corrected chi connectivity index (χ0v) is 20.6. The molecule has 1 aliphatic heterocycles. The summed E-state index contributed by atoms with van der Waals surface area (Å²) in [5, 5.41) is 24.7. The number of thioether (sulfide) groups is 1. The number of carbonyl (C=O) groups is 1. The van der Waals surface area contributed by atoms with Crippen LogP contribution in [0.4, 0.5) is 5.69 Å². The van der Waals surface area contributed by atoms with Crippen molar-refractivity contribution in [3.63, 3.8) is 0 Å². The summed E-state index contributed by atoms with van der Waals surface area (Å²) < 4.78 is -1.25. The number of nitrogens with zero attached hydrogens (tertiary/aromatic N) is 2. The van der Waals surface area contributed by atoms with Crippen molar-refractivity contribution in [2.45, 2.75) is 35.7 Å². The second-order valence-corrected chi connectivity index (χ2v) is 11.0. The number of rotatable bonds is 4. The van der Waals surface area contributed by atoms with Crippen LogP contribution < -0.4 is 4.90 Å². The van der Waals surface area contributed by atoms with Gasteiger partial charge in [0.15, 0.2) is 0 Å². The van der Waals surface area contributed by atoms with Crippen molar-refractivity contribution in [2.75, 3.05) is 4.90 Å². The van der Waals surface area contributed by atoms with Gasteiger partial charge in [0.25, 0.3) is 5.91 Å². The molecular formula is C27H24N2O4S2. The lowest BCUT2D eigenvalue weighted by Gasteiger charge is -2.49. The minimum absolute atomic E-state index is 0.276. The molecule has 2 aliphatic rings. The summed E-state index contributed by atoms with van der Waals surface area (Å²) >= 11 is 6.75.